The highest BCUT2D eigenvalue weighted by molar-refractivity contribution is 5.69. The molecule has 0 spiro atoms. The number of cyclic esters (lactones) is 1. The highest BCUT2D eigenvalue weighted by Crippen LogP contribution is 2.13. The van der Waals surface area contributed by atoms with E-state index in [1.54, 1.807) is 4.90 Å². The number of nitrogens with one attached hydrogen (secondary N) is 1. The molecule has 0 radical (unpaired) electrons. The highest BCUT2D eigenvalue weighted by atomic mass is 16.6. The molecule has 7 heteroatoms. The quantitative estimate of drug-likeness (QED) is 0.843. The topological polar surface area (TPSA) is 71.1 Å². The van der Waals surface area contributed by atoms with Crippen molar-refractivity contribution in [1.29, 1.82) is 0 Å². The summed E-state index contributed by atoms with van der Waals surface area (Å²) >= 11 is 0. The van der Waals surface area contributed by atoms with E-state index in [9.17, 15) is 9.59 Å². The van der Waals surface area contributed by atoms with Gasteiger partial charge in [-0.1, -0.05) is 0 Å². The fourth-order valence-corrected chi connectivity index (χ4v) is 2.40. The van der Waals surface area contributed by atoms with Crippen LogP contribution in [0.4, 0.5) is 9.59 Å². The van der Waals surface area contributed by atoms with Crippen molar-refractivity contribution in [3.8, 4) is 0 Å². The molecule has 2 saturated heterocycles. The van der Waals surface area contributed by atoms with Crippen LogP contribution in [0.5, 0.6) is 0 Å². The van der Waals surface area contributed by atoms with Gasteiger partial charge in [0.1, 0.15) is 11.7 Å². The molecule has 0 bridgehead atoms. The van der Waals surface area contributed by atoms with Gasteiger partial charge in [0.25, 0.3) is 0 Å². The van der Waals surface area contributed by atoms with E-state index in [1.165, 1.54) is 0 Å². The zero-order valence-electron chi connectivity index (χ0n) is 13.1. The number of hydrogen-bond donors (Lipinski definition) is 1. The zero-order valence-corrected chi connectivity index (χ0v) is 13.1. The number of carbonyl (C=O) groups excluding carboxylic acids is 2. The van der Waals surface area contributed by atoms with E-state index >= 15 is 0 Å². The predicted molar refractivity (Wildman–Crippen MR) is 77.1 cm³/mol. The lowest BCUT2D eigenvalue weighted by Gasteiger charge is -2.35. The first-order chi connectivity index (χ1) is 9.83. The van der Waals surface area contributed by atoms with Gasteiger partial charge < -0.3 is 19.7 Å². The van der Waals surface area contributed by atoms with Crippen LogP contribution in [0.25, 0.3) is 0 Å². The fraction of sp³-hybridized carbons (Fsp3) is 0.857. The molecule has 0 aromatic rings. The molecule has 2 rings (SSSR count). The number of nitrogens with zero attached hydrogens (tertiary/aromatic N) is 2. The van der Waals surface area contributed by atoms with Crippen LogP contribution in [0, 0.1) is 0 Å². The van der Waals surface area contributed by atoms with Crippen LogP contribution in [0.1, 0.15) is 27.2 Å². The molecule has 0 aliphatic carbocycles. The number of piperazine rings is 1. The minimum absolute atomic E-state index is 0.0265. The van der Waals surface area contributed by atoms with Crippen molar-refractivity contribution in [2.45, 2.75) is 38.9 Å². The third-order valence-electron chi connectivity index (χ3n) is 3.54. The zero-order chi connectivity index (χ0) is 15.5. The lowest BCUT2D eigenvalue weighted by atomic mass is 10.2. The molecule has 2 heterocycles. The third-order valence-corrected chi connectivity index (χ3v) is 3.54. The minimum atomic E-state index is -0.451. The second-order valence-electron chi connectivity index (χ2n) is 6.51. The first-order valence-electron chi connectivity index (χ1n) is 7.48. The molecule has 120 valence electrons. The Hall–Kier alpha value is -1.50. The van der Waals surface area contributed by atoms with Gasteiger partial charge in [-0.15, -0.1) is 0 Å². The number of hydrogen-bond acceptors (Lipinski definition) is 5. The van der Waals surface area contributed by atoms with Gasteiger partial charge in [-0.2, -0.15) is 0 Å². The average molecular weight is 299 g/mol. The van der Waals surface area contributed by atoms with Crippen LogP contribution in [0.15, 0.2) is 0 Å². The van der Waals surface area contributed by atoms with Crippen molar-refractivity contribution in [2.24, 2.45) is 0 Å². The number of alkyl carbamates (subject to hydrolysis) is 1. The van der Waals surface area contributed by atoms with Gasteiger partial charge >= 0.3 is 12.2 Å². The Morgan fingerprint density at radius 3 is 2.52 bits per heavy atom. The fourth-order valence-electron chi connectivity index (χ4n) is 2.40. The molecule has 1 N–H and O–H groups in total. The van der Waals surface area contributed by atoms with Crippen molar-refractivity contribution < 1.29 is 19.1 Å². The van der Waals surface area contributed by atoms with Gasteiger partial charge in [0.2, 0.25) is 0 Å². The summed E-state index contributed by atoms with van der Waals surface area (Å²) in [5.74, 6) is 0. The van der Waals surface area contributed by atoms with Gasteiger partial charge in [-0.05, 0) is 27.2 Å². The maximum atomic E-state index is 11.9. The van der Waals surface area contributed by atoms with Crippen molar-refractivity contribution in [2.75, 3.05) is 39.3 Å². The Balaban J connectivity index is 1.66. The lowest BCUT2D eigenvalue weighted by molar-refractivity contribution is 0.0134. The molecule has 2 fully saturated rings. The Morgan fingerprint density at radius 1 is 1.33 bits per heavy atom. The van der Waals surface area contributed by atoms with Crippen LogP contribution in [0.3, 0.4) is 0 Å². The molecular weight excluding hydrogens is 274 g/mol. The highest BCUT2D eigenvalue weighted by Gasteiger charge is 2.27. The summed E-state index contributed by atoms with van der Waals surface area (Å²) in [6, 6.07) is 0. The Morgan fingerprint density at radius 2 is 2.00 bits per heavy atom. The average Bonchev–Trinajstić information content (AvgIpc) is 2.81. The molecule has 7 nitrogen and oxygen atoms in total. The molecule has 2 aliphatic rings. The van der Waals surface area contributed by atoms with E-state index in [-0.39, 0.29) is 18.3 Å². The molecule has 2 aliphatic heterocycles. The smallest absolute Gasteiger partial charge is 0.410 e. The molecule has 1 unspecified atom stereocenters. The second-order valence-corrected chi connectivity index (χ2v) is 6.51. The summed E-state index contributed by atoms with van der Waals surface area (Å²) in [7, 11) is 0. The molecule has 21 heavy (non-hydrogen) atoms. The monoisotopic (exact) mass is 299 g/mol. The van der Waals surface area contributed by atoms with E-state index < -0.39 is 5.60 Å². The van der Waals surface area contributed by atoms with E-state index in [0.29, 0.717) is 19.6 Å². The van der Waals surface area contributed by atoms with Crippen molar-refractivity contribution in [3.05, 3.63) is 0 Å². The number of ether oxygens (including phenoxy) is 2. The molecule has 1 atom stereocenters. The first kappa shape index (κ1) is 15.9. The van der Waals surface area contributed by atoms with Gasteiger partial charge in [-0.25, -0.2) is 9.59 Å². The Bertz CT molecular complexity index is 386. The number of carbonyl (C=O) groups is 2. The van der Waals surface area contributed by atoms with E-state index in [0.717, 1.165) is 26.1 Å². The summed E-state index contributed by atoms with van der Waals surface area (Å²) in [6.45, 7) is 10.1. The number of amides is 2. The van der Waals surface area contributed by atoms with Crippen LogP contribution in [-0.2, 0) is 9.47 Å². The lowest BCUT2D eigenvalue weighted by Crippen LogP contribution is -2.50. The van der Waals surface area contributed by atoms with E-state index in [4.69, 9.17) is 9.47 Å². The normalized spacial score (nSPS) is 23.7. The van der Waals surface area contributed by atoms with Crippen LogP contribution in [0.2, 0.25) is 0 Å². The van der Waals surface area contributed by atoms with Crippen LogP contribution >= 0.6 is 0 Å². The maximum Gasteiger partial charge on any atom is 0.410 e. The molecular formula is C14H25N3O4. The molecule has 0 aromatic heterocycles. The third kappa shape index (κ3) is 5.08. The van der Waals surface area contributed by atoms with E-state index in [1.807, 2.05) is 20.8 Å². The van der Waals surface area contributed by atoms with E-state index in [2.05, 4.69) is 10.2 Å². The summed E-state index contributed by atoms with van der Waals surface area (Å²) in [4.78, 5) is 26.9. The van der Waals surface area contributed by atoms with Crippen molar-refractivity contribution >= 4 is 12.2 Å². The van der Waals surface area contributed by atoms with Crippen LogP contribution in [-0.4, -0.2) is 73.0 Å². The summed E-state index contributed by atoms with van der Waals surface area (Å²) < 4.78 is 10.5. The van der Waals surface area contributed by atoms with Crippen molar-refractivity contribution in [3.63, 3.8) is 0 Å². The first-order valence-corrected chi connectivity index (χ1v) is 7.48. The van der Waals surface area contributed by atoms with Crippen LogP contribution < -0.4 is 5.32 Å². The Labute approximate surface area is 125 Å². The molecule has 0 aromatic carbocycles. The summed E-state index contributed by atoms with van der Waals surface area (Å²) in [6.07, 6.45) is 0.234. The summed E-state index contributed by atoms with van der Waals surface area (Å²) in [5, 5.41) is 2.65. The van der Waals surface area contributed by atoms with Gasteiger partial charge in [0, 0.05) is 32.7 Å². The standard InChI is InChI=1S/C14H25N3O4/c1-14(2,3)21-13(19)17-8-6-16(7-9-17)5-4-11-10-15-12(18)20-11/h11H,4-10H2,1-3H3,(H,15,18). The molecule has 2 amide bonds. The van der Waals surface area contributed by atoms with Gasteiger partial charge in [0.05, 0.1) is 6.54 Å². The van der Waals surface area contributed by atoms with Crippen molar-refractivity contribution in [1.82, 2.24) is 15.1 Å². The second kappa shape index (κ2) is 6.51. The Kier molecular flexibility index (Phi) is 4.92. The predicted octanol–water partition coefficient (Wildman–Crippen LogP) is 1.04. The summed E-state index contributed by atoms with van der Waals surface area (Å²) in [5.41, 5.74) is -0.451. The SMILES string of the molecule is CC(C)(C)OC(=O)N1CCN(CCC2CNC(=O)O2)CC1. The minimum Gasteiger partial charge on any atom is -0.444 e. The van der Waals surface area contributed by atoms with Gasteiger partial charge in [-0.3, -0.25) is 4.90 Å². The van der Waals surface area contributed by atoms with Gasteiger partial charge in [0.15, 0.2) is 0 Å². The maximum absolute atomic E-state index is 11.9. The molecule has 0 saturated carbocycles. The largest absolute Gasteiger partial charge is 0.444 e. The number of rotatable bonds is 3.